The van der Waals surface area contributed by atoms with Gasteiger partial charge in [0, 0.05) is 26.2 Å². The normalized spacial score (nSPS) is 29.2. The molecule has 0 aromatic heterocycles. The smallest absolute Gasteiger partial charge is 0.326 e. The fourth-order valence-electron chi connectivity index (χ4n) is 2.60. The van der Waals surface area contributed by atoms with Crippen molar-refractivity contribution >= 4 is 12.0 Å². The summed E-state index contributed by atoms with van der Waals surface area (Å²) in [5.74, 6) is -0.903. The van der Waals surface area contributed by atoms with Crippen molar-refractivity contribution in [3.05, 3.63) is 0 Å². The number of carboxylic acid groups (broad SMARTS) is 1. The summed E-state index contributed by atoms with van der Waals surface area (Å²) in [5, 5.41) is 9.10. The predicted octanol–water partition coefficient (Wildman–Crippen LogP) is 0.766. The standard InChI is InChI=1S/C12H20N2O4/c1-9-8-13(5-3-7-18-9)12(17)14-6-2-4-10(14)11(15)16/h9-10H,2-8H2,1H3,(H,15,16)/t9?,10-/m0/s1. The molecule has 18 heavy (non-hydrogen) atoms. The van der Waals surface area contributed by atoms with E-state index in [4.69, 9.17) is 9.84 Å². The highest BCUT2D eigenvalue weighted by atomic mass is 16.5. The van der Waals surface area contributed by atoms with Crippen LogP contribution >= 0.6 is 0 Å². The molecule has 0 saturated carbocycles. The molecule has 1 N–H and O–H groups in total. The Morgan fingerprint density at radius 2 is 2.06 bits per heavy atom. The third-order valence-electron chi connectivity index (χ3n) is 3.51. The summed E-state index contributed by atoms with van der Waals surface area (Å²) in [7, 11) is 0. The maximum absolute atomic E-state index is 12.3. The second kappa shape index (κ2) is 5.56. The molecule has 2 aliphatic heterocycles. The Morgan fingerprint density at radius 3 is 2.78 bits per heavy atom. The van der Waals surface area contributed by atoms with Gasteiger partial charge in [-0.05, 0) is 26.2 Å². The average molecular weight is 256 g/mol. The molecule has 0 aliphatic carbocycles. The van der Waals surface area contributed by atoms with Crippen molar-refractivity contribution in [2.75, 3.05) is 26.2 Å². The van der Waals surface area contributed by atoms with Gasteiger partial charge in [0.05, 0.1) is 6.10 Å². The van der Waals surface area contributed by atoms with Crippen LogP contribution in [-0.2, 0) is 9.53 Å². The molecular formula is C12H20N2O4. The second-order valence-electron chi connectivity index (χ2n) is 4.95. The lowest BCUT2D eigenvalue weighted by atomic mass is 10.2. The Morgan fingerprint density at radius 1 is 1.28 bits per heavy atom. The number of urea groups is 1. The number of hydrogen-bond donors (Lipinski definition) is 1. The lowest BCUT2D eigenvalue weighted by molar-refractivity contribution is -0.141. The number of nitrogens with zero attached hydrogens (tertiary/aromatic N) is 2. The molecule has 6 nitrogen and oxygen atoms in total. The van der Waals surface area contributed by atoms with Crippen molar-refractivity contribution < 1.29 is 19.4 Å². The van der Waals surface area contributed by atoms with Crippen LogP contribution in [0.2, 0.25) is 0 Å². The molecule has 2 fully saturated rings. The number of hydrogen-bond acceptors (Lipinski definition) is 3. The van der Waals surface area contributed by atoms with Crippen molar-refractivity contribution in [1.82, 2.24) is 9.80 Å². The zero-order valence-electron chi connectivity index (χ0n) is 10.7. The van der Waals surface area contributed by atoms with E-state index in [2.05, 4.69) is 0 Å². The molecule has 0 radical (unpaired) electrons. The maximum atomic E-state index is 12.3. The molecule has 0 aromatic carbocycles. The second-order valence-corrected chi connectivity index (χ2v) is 4.95. The first-order valence-corrected chi connectivity index (χ1v) is 6.49. The van der Waals surface area contributed by atoms with E-state index in [1.54, 1.807) is 4.90 Å². The van der Waals surface area contributed by atoms with E-state index >= 15 is 0 Å². The summed E-state index contributed by atoms with van der Waals surface area (Å²) >= 11 is 0. The summed E-state index contributed by atoms with van der Waals surface area (Å²) in [5.41, 5.74) is 0. The molecule has 6 heteroatoms. The van der Waals surface area contributed by atoms with Crippen LogP contribution < -0.4 is 0 Å². The lowest BCUT2D eigenvalue weighted by Gasteiger charge is -2.30. The van der Waals surface area contributed by atoms with Crippen molar-refractivity contribution in [2.24, 2.45) is 0 Å². The molecule has 0 spiro atoms. The van der Waals surface area contributed by atoms with E-state index in [9.17, 15) is 9.59 Å². The van der Waals surface area contributed by atoms with E-state index in [0.29, 0.717) is 32.7 Å². The van der Waals surface area contributed by atoms with Crippen LogP contribution in [-0.4, -0.2) is 65.3 Å². The highest BCUT2D eigenvalue weighted by Crippen LogP contribution is 2.20. The number of carboxylic acids is 1. The molecule has 2 rings (SSSR count). The molecule has 2 atom stereocenters. The summed E-state index contributed by atoms with van der Waals surface area (Å²) in [6, 6.07) is -0.811. The Hall–Kier alpha value is -1.30. The zero-order valence-corrected chi connectivity index (χ0v) is 10.7. The van der Waals surface area contributed by atoms with Crippen LogP contribution in [0.4, 0.5) is 4.79 Å². The first kappa shape index (κ1) is 13.1. The molecule has 2 amide bonds. The van der Waals surface area contributed by atoms with Gasteiger partial charge in [-0.3, -0.25) is 0 Å². The van der Waals surface area contributed by atoms with Crippen LogP contribution in [0.1, 0.15) is 26.2 Å². The fourth-order valence-corrected chi connectivity index (χ4v) is 2.60. The van der Waals surface area contributed by atoms with E-state index in [-0.39, 0.29) is 12.1 Å². The van der Waals surface area contributed by atoms with Crippen molar-refractivity contribution in [1.29, 1.82) is 0 Å². The fraction of sp³-hybridized carbons (Fsp3) is 0.833. The van der Waals surface area contributed by atoms with Crippen LogP contribution in [0, 0.1) is 0 Å². The number of carbonyl (C=O) groups excluding carboxylic acids is 1. The van der Waals surface area contributed by atoms with Crippen molar-refractivity contribution in [3.63, 3.8) is 0 Å². The van der Waals surface area contributed by atoms with Gasteiger partial charge in [-0.1, -0.05) is 0 Å². The third-order valence-corrected chi connectivity index (χ3v) is 3.51. The molecule has 1 unspecified atom stereocenters. The van der Waals surface area contributed by atoms with Gasteiger partial charge >= 0.3 is 12.0 Å². The van der Waals surface area contributed by atoms with Gasteiger partial charge < -0.3 is 19.6 Å². The molecule has 2 saturated heterocycles. The summed E-state index contributed by atoms with van der Waals surface area (Å²) < 4.78 is 5.49. The number of carbonyl (C=O) groups is 2. The molecule has 2 aliphatic rings. The lowest BCUT2D eigenvalue weighted by Crippen LogP contribution is -2.49. The van der Waals surface area contributed by atoms with Crippen LogP contribution in [0.25, 0.3) is 0 Å². The summed E-state index contributed by atoms with van der Waals surface area (Å²) in [4.78, 5) is 26.6. The zero-order chi connectivity index (χ0) is 13.1. The van der Waals surface area contributed by atoms with Gasteiger partial charge in [-0.25, -0.2) is 9.59 Å². The van der Waals surface area contributed by atoms with Gasteiger partial charge in [0.2, 0.25) is 0 Å². The van der Waals surface area contributed by atoms with E-state index in [0.717, 1.165) is 12.8 Å². The van der Waals surface area contributed by atoms with Crippen molar-refractivity contribution in [3.8, 4) is 0 Å². The topological polar surface area (TPSA) is 70.1 Å². The third kappa shape index (κ3) is 2.75. The highest BCUT2D eigenvalue weighted by molar-refractivity contribution is 5.83. The van der Waals surface area contributed by atoms with Crippen LogP contribution in [0.15, 0.2) is 0 Å². The Kier molecular flexibility index (Phi) is 4.06. The molecule has 0 aromatic rings. The quantitative estimate of drug-likeness (QED) is 0.752. The average Bonchev–Trinajstić information content (AvgIpc) is 2.72. The first-order chi connectivity index (χ1) is 8.59. The number of ether oxygens (including phenoxy) is 1. The number of likely N-dealkylation sites (tertiary alicyclic amines) is 1. The Bertz CT molecular complexity index is 334. The predicted molar refractivity (Wildman–Crippen MR) is 64.4 cm³/mol. The molecule has 2 heterocycles. The van der Waals surface area contributed by atoms with Crippen LogP contribution in [0.5, 0.6) is 0 Å². The molecular weight excluding hydrogens is 236 g/mol. The summed E-state index contributed by atoms with van der Waals surface area (Å²) in [6.07, 6.45) is 2.15. The number of amides is 2. The SMILES string of the molecule is CC1CN(C(=O)N2CCC[C@H]2C(=O)O)CCCO1. The Balaban J connectivity index is 2.03. The monoisotopic (exact) mass is 256 g/mol. The maximum Gasteiger partial charge on any atom is 0.326 e. The molecule has 0 bridgehead atoms. The minimum Gasteiger partial charge on any atom is -0.480 e. The van der Waals surface area contributed by atoms with Gasteiger partial charge in [0.25, 0.3) is 0 Å². The minimum absolute atomic E-state index is 0.0160. The van der Waals surface area contributed by atoms with Gasteiger partial charge in [-0.2, -0.15) is 0 Å². The first-order valence-electron chi connectivity index (χ1n) is 6.49. The number of rotatable bonds is 1. The largest absolute Gasteiger partial charge is 0.480 e. The van der Waals surface area contributed by atoms with Crippen molar-refractivity contribution in [2.45, 2.75) is 38.3 Å². The molecule has 102 valence electrons. The van der Waals surface area contributed by atoms with Gasteiger partial charge in [-0.15, -0.1) is 0 Å². The summed E-state index contributed by atoms with van der Waals surface area (Å²) in [6.45, 7) is 4.33. The minimum atomic E-state index is -0.903. The highest BCUT2D eigenvalue weighted by Gasteiger charge is 2.36. The van der Waals surface area contributed by atoms with Gasteiger partial charge in [0.1, 0.15) is 6.04 Å². The number of aliphatic carboxylic acids is 1. The van der Waals surface area contributed by atoms with Crippen LogP contribution in [0.3, 0.4) is 0 Å². The van der Waals surface area contributed by atoms with E-state index in [1.807, 2.05) is 6.92 Å². The van der Waals surface area contributed by atoms with Gasteiger partial charge in [0.15, 0.2) is 0 Å². The Labute approximate surface area is 106 Å². The van der Waals surface area contributed by atoms with E-state index < -0.39 is 12.0 Å². The van der Waals surface area contributed by atoms with E-state index in [1.165, 1.54) is 4.90 Å².